The molecule has 1 amide bonds. The van der Waals surface area contributed by atoms with E-state index >= 15 is 0 Å². The SMILES string of the molecule is CC(C)(C)[C@H]1C[C@H](N(CC(=O)c2c(Cl)cncc2Cl)C(=O)c2cnn([C@H]3CC[C@H](C(=O)O)CC3)c2C(F)(F)F)C1. The Bertz CT molecular complexity index is 1270. The van der Waals surface area contributed by atoms with Crippen molar-refractivity contribution in [3.63, 3.8) is 0 Å². The number of nitrogens with zero attached hydrogens (tertiary/aromatic N) is 4. The highest BCUT2D eigenvalue weighted by Gasteiger charge is 2.47. The summed E-state index contributed by atoms with van der Waals surface area (Å²) in [6.07, 6.45) is 0.302. The highest BCUT2D eigenvalue weighted by atomic mass is 35.5. The molecular formula is C27H31Cl2F3N4O4. The number of hydrogen-bond acceptors (Lipinski definition) is 5. The Balaban J connectivity index is 1.67. The average molecular weight is 603 g/mol. The first kappa shape index (κ1) is 30.3. The Morgan fingerprint density at radius 1 is 1.02 bits per heavy atom. The zero-order chi connectivity index (χ0) is 29.6. The van der Waals surface area contributed by atoms with Crippen LogP contribution >= 0.6 is 23.2 Å². The fourth-order valence-corrected chi connectivity index (χ4v) is 6.20. The molecule has 2 aliphatic carbocycles. The molecule has 2 heterocycles. The number of Topliss-reactive ketones (excluding diaryl/α,β-unsaturated/α-hetero) is 1. The third-order valence-electron chi connectivity index (χ3n) is 8.17. The molecule has 0 spiro atoms. The Morgan fingerprint density at radius 3 is 2.10 bits per heavy atom. The lowest BCUT2D eigenvalue weighted by atomic mass is 9.65. The lowest BCUT2D eigenvalue weighted by Gasteiger charge is -2.48. The van der Waals surface area contributed by atoms with E-state index in [1.807, 2.05) is 20.8 Å². The first-order valence-corrected chi connectivity index (χ1v) is 13.9. The van der Waals surface area contributed by atoms with Crippen molar-refractivity contribution in [1.29, 1.82) is 0 Å². The summed E-state index contributed by atoms with van der Waals surface area (Å²) in [6.45, 7) is 5.63. The van der Waals surface area contributed by atoms with Gasteiger partial charge in [0.25, 0.3) is 5.91 Å². The van der Waals surface area contributed by atoms with Gasteiger partial charge >= 0.3 is 12.1 Å². The van der Waals surface area contributed by atoms with E-state index < -0.39 is 59.6 Å². The molecule has 1 N–H and O–H groups in total. The number of pyridine rings is 1. The van der Waals surface area contributed by atoms with Crippen molar-refractivity contribution in [1.82, 2.24) is 19.7 Å². The smallest absolute Gasteiger partial charge is 0.433 e. The topological polar surface area (TPSA) is 105 Å². The molecule has 0 aliphatic heterocycles. The predicted molar refractivity (Wildman–Crippen MR) is 141 cm³/mol. The Kier molecular flexibility index (Phi) is 8.57. The second-order valence-corrected chi connectivity index (χ2v) is 12.5. The van der Waals surface area contributed by atoms with E-state index in [0.29, 0.717) is 12.8 Å². The summed E-state index contributed by atoms with van der Waals surface area (Å²) in [5, 5.41) is 13.2. The van der Waals surface area contributed by atoms with Crippen LogP contribution in [0, 0.1) is 17.3 Å². The molecule has 0 atom stereocenters. The second-order valence-electron chi connectivity index (χ2n) is 11.7. The van der Waals surface area contributed by atoms with Crippen molar-refractivity contribution >= 4 is 40.9 Å². The van der Waals surface area contributed by atoms with E-state index in [9.17, 15) is 32.7 Å². The van der Waals surface area contributed by atoms with Gasteiger partial charge in [0, 0.05) is 18.4 Å². The number of alkyl halides is 3. The highest BCUT2D eigenvalue weighted by Crippen LogP contribution is 2.45. The zero-order valence-corrected chi connectivity index (χ0v) is 23.9. The first-order valence-electron chi connectivity index (χ1n) is 13.1. The number of ketones is 1. The second kappa shape index (κ2) is 11.3. The number of carboxylic acid groups (broad SMARTS) is 1. The minimum atomic E-state index is -4.91. The van der Waals surface area contributed by atoms with Crippen LogP contribution in [0.5, 0.6) is 0 Å². The molecule has 2 aromatic heterocycles. The minimum Gasteiger partial charge on any atom is -0.481 e. The average Bonchev–Trinajstić information content (AvgIpc) is 3.27. The molecule has 0 bridgehead atoms. The van der Waals surface area contributed by atoms with Gasteiger partial charge in [0.15, 0.2) is 11.5 Å². The van der Waals surface area contributed by atoms with Crippen molar-refractivity contribution < 1.29 is 32.7 Å². The van der Waals surface area contributed by atoms with Crippen LogP contribution in [0.15, 0.2) is 18.6 Å². The van der Waals surface area contributed by atoms with Gasteiger partial charge in [-0.2, -0.15) is 18.3 Å². The van der Waals surface area contributed by atoms with E-state index in [2.05, 4.69) is 10.1 Å². The summed E-state index contributed by atoms with van der Waals surface area (Å²) < 4.78 is 44.1. The van der Waals surface area contributed by atoms with Crippen LogP contribution in [-0.2, 0) is 11.0 Å². The van der Waals surface area contributed by atoms with Gasteiger partial charge in [0.2, 0.25) is 0 Å². The van der Waals surface area contributed by atoms with E-state index in [1.165, 1.54) is 17.3 Å². The maximum absolute atomic E-state index is 14.4. The number of rotatable bonds is 7. The maximum Gasteiger partial charge on any atom is 0.433 e. The number of carboxylic acids is 1. The summed E-state index contributed by atoms with van der Waals surface area (Å²) in [5.41, 5.74) is -1.97. The zero-order valence-electron chi connectivity index (χ0n) is 22.3. The van der Waals surface area contributed by atoms with Gasteiger partial charge in [-0.05, 0) is 49.9 Å². The van der Waals surface area contributed by atoms with Gasteiger partial charge in [-0.1, -0.05) is 44.0 Å². The number of aromatic nitrogens is 3. The summed E-state index contributed by atoms with van der Waals surface area (Å²) in [5.74, 6) is -2.95. The van der Waals surface area contributed by atoms with Gasteiger partial charge in [-0.3, -0.25) is 24.0 Å². The summed E-state index contributed by atoms with van der Waals surface area (Å²) in [6, 6.07) is -1.16. The fourth-order valence-electron chi connectivity index (χ4n) is 5.63. The molecule has 0 aromatic carbocycles. The lowest BCUT2D eigenvalue weighted by Crippen LogP contribution is -2.52. The maximum atomic E-state index is 14.4. The summed E-state index contributed by atoms with van der Waals surface area (Å²) >= 11 is 12.3. The van der Waals surface area contributed by atoms with Crippen LogP contribution in [0.1, 0.15) is 91.7 Å². The molecule has 13 heteroatoms. The molecule has 4 rings (SSSR count). The monoisotopic (exact) mass is 602 g/mol. The van der Waals surface area contributed by atoms with Crippen molar-refractivity contribution in [2.75, 3.05) is 6.54 Å². The number of amides is 1. The van der Waals surface area contributed by atoms with Crippen LogP contribution in [0.2, 0.25) is 10.0 Å². The van der Waals surface area contributed by atoms with Crippen LogP contribution in [0.25, 0.3) is 0 Å². The minimum absolute atomic E-state index is 0.0214. The molecule has 8 nitrogen and oxygen atoms in total. The lowest BCUT2D eigenvalue weighted by molar-refractivity contribution is -0.147. The van der Waals surface area contributed by atoms with Gasteiger partial charge in [0.1, 0.15) is 0 Å². The Hall–Kier alpha value is -2.66. The Morgan fingerprint density at radius 2 is 1.60 bits per heavy atom. The molecule has 218 valence electrons. The molecule has 2 aliphatic rings. The predicted octanol–water partition coefficient (Wildman–Crippen LogP) is 6.57. The largest absolute Gasteiger partial charge is 0.481 e. The molecule has 40 heavy (non-hydrogen) atoms. The van der Waals surface area contributed by atoms with Gasteiger partial charge in [-0.15, -0.1) is 0 Å². The number of carbonyl (C=O) groups is 3. The molecule has 0 unspecified atom stereocenters. The van der Waals surface area contributed by atoms with Crippen LogP contribution in [0.3, 0.4) is 0 Å². The van der Waals surface area contributed by atoms with Crippen molar-refractivity contribution in [3.05, 3.63) is 45.5 Å². The number of halogens is 5. The molecule has 2 fully saturated rings. The standard InChI is InChI=1S/C27H31Cl2F3N4O4/c1-26(2,3)15-8-17(9-15)35(13-21(37)22-19(28)11-33-12-20(22)29)24(38)18-10-34-36(23(18)27(30,31)32)16-6-4-14(5-7-16)25(39)40/h10-12,14-17H,4-9,13H2,1-3H3,(H,39,40)/t14-,15-,16-,17-. The normalized spacial score (nSPS) is 23.4. The summed E-state index contributed by atoms with van der Waals surface area (Å²) in [4.78, 5) is 43.4. The van der Waals surface area contributed by atoms with Crippen molar-refractivity contribution in [2.45, 2.75) is 77.6 Å². The third kappa shape index (κ3) is 6.15. The van der Waals surface area contributed by atoms with Crippen molar-refractivity contribution in [2.24, 2.45) is 17.3 Å². The quantitative estimate of drug-likeness (QED) is 0.359. The number of carbonyl (C=O) groups excluding carboxylic acids is 2. The fraction of sp³-hybridized carbons (Fsp3) is 0.593. The number of aliphatic carboxylic acids is 1. The van der Waals surface area contributed by atoms with Gasteiger partial charge in [-0.25, -0.2) is 0 Å². The van der Waals surface area contributed by atoms with E-state index in [4.69, 9.17) is 23.2 Å². The number of hydrogen-bond donors (Lipinski definition) is 1. The summed E-state index contributed by atoms with van der Waals surface area (Å²) in [7, 11) is 0. The molecule has 2 aromatic rings. The van der Waals surface area contributed by atoms with E-state index in [-0.39, 0.29) is 52.6 Å². The van der Waals surface area contributed by atoms with Gasteiger partial charge < -0.3 is 10.0 Å². The van der Waals surface area contributed by atoms with Crippen molar-refractivity contribution in [3.8, 4) is 0 Å². The third-order valence-corrected chi connectivity index (χ3v) is 8.75. The van der Waals surface area contributed by atoms with Crippen LogP contribution in [-0.4, -0.2) is 55.0 Å². The molecule has 2 saturated carbocycles. The van der Waals surface area contributed by atoms with E-state index in [0.717, 1.165) is 10.9 Å². The molecule has 0 radical (unpaired) electrons. The first-order chi connectivity index (χ1) is 18.6. The molecule has 0 saturated heterocycles. The van der Waals surface area contributed by atoms with Gasteiger partial charge in [0.05, 0.1) is 45.9 Å². The van der Waals surface area contributed by atoms with Crippen LogP contribution in [0.4, 0.5) is 13.2 Å². The molecular weight excluding hydrogens is 572 g/mol. The Labute approximate surface area is 239 Å². The van der Waals surface area contributed by atoms with Crippen LogP contribution < -0.4 is 0 Å². The highest BCUT2D eigenvalue weighted by molar-refractivity contribution is 6.39. The van der Waals surface area contributed by atoms with E-state index in [1.54, 1.807) is 0 Å².